The normalized spacial score (nSPS) is 17.9. The zero-order valence-corrected chi connectivity index (χ0v) is 26.0. The van der Waals surface area contributed by atoms with E-state index in [1.54, 1.807) is 11.8 Å². The molecule has 1 fully saturated rings. The highest BCUT2D eigenvalue weighted by molar-refractivity contribution is 6.05. The average molecular weight is 669 g/mol. The maximum atomic E-state index is 15.2. The fourth-order valence-corrected chi connectivity index (χ4v) is 5.43. The van der Waals surface area contributed by atoms with Crippen molar-refractivity contribution in [1.29, 1.82) is 0 Å². The Morgan fingerprint density at radius 2 is 1.87 bits per heavy atom. The molecule has 10 nitrogen and oxygen atoms in total. The number of alkyl halides is 5. The number of fused-ring (bicyclic) bond motifs is 1. The predicted molar refractivity (Wildman–Crippen MR) is 161 cm³/mol. The van der Waals surface area contributed by atoms with Crippen LogP contribution < -0.4 is 20.7 Å². The summed E-state index contributed by atoms with van der Waals surface area (Å²) < 4.78 is 95.8. The summed E-state index contributed by atoms with van der Waals surface area (Å²) in [5.41, 5.74) is -0.300. The van der Waals surface area contributed by atoms with Crippen LogP contribution >= 0.6 is 0 Å². The van der Waals surface area contributed by atoms with Crippen LogP contribution in [0.15, 0.2) is 30.6 Å². The highest BCUT2D eigenvalue weighted by atomic mass is 19.4. The molecular weight excluding hydrogens is 634 g/mol. The summed E-state index contributed by atoms with van der Waals surface area (Å²) in [6.45, 7) is 0.278. The number of nitrogens with one attached hydrogen (secondary N) is 3. The molecule has 1 aromatic heterocycles. The van der Waals surface area contributed by atoms with Crippen molar-refractivity contribution in [1.82, 2.24) is 25.1 Å². The van der Waals surface area contributed by atoms with E-state index in [0.29, 0.717) is 0 Å². The second-order valence-corrected chi connectivity index (χ2v) is 11.1. The third-order valence-corrected chi connectivity index (χ3v) is 7.58. The zero-order valence-electron chi connectivity index (χ0n) is 26.0. The van der Waals surface area contributed by atoms with Gasteiger partial charge >= 0.3 is 6.18 Å². The van der Waals surface area contributed by atoms with Gasteiger partial charge in [0.05, 0.1) is 61.5 Å². The molecule has 1 aliphatic heterocycles. The Balaban J connectivity index is 1.63. The molecule has 0 bridgehead atoms. The molecule has 0 spiro atoms. The van der Waals surface area contributed by atoms with Gasteiger partial charge in [-0.05, 0) is 24.1 Å². The van der Waals surface area contributed by atoms with E-state index in [-0.39, 0.29) is 65.4 Å². The molecular formula is C31H34F6N6O4. The maximum absolute atomic E-state index is 15.2. The number of carbonyl (C=O) groups excluding carboxylic acids is 2. The molecule has 2 amide bonds. The Hall–Kier alpha value is -4.49. The van der Waals surface area contributed by atoms with Crippen LogP contribution in [0.4, 0.5) is 32.0 Å². The summed E-state index contributed by atoms with van der Waals surface area (Å²) in [5.74, 6) is -0.782. The average Bonchev–Trinajstić information content (AvgIpc) is 3.40. The predicted octanol–water partition coefficient (Wildman–Crippen LogP) is 3.90. The van der Waals surface area contributed by atoms with Crippen LogP contribution in [-0.4, -0.2) is 98.5 Å². The summed E-state index contributed by atoms with van der Waals surface area (Å²) in [6, 6.07) is 3.29. The summed E-state index contributed by atoms with van der Waals surface area (Å²) >= 11 is 0. The minimum Gasteiger partial charge on any atom is -0.494 e. The molecule has 254 valence electrons. The Morgan fingerprint density at radius 1 is 1.13 bits per heavy atom. The molecule has 3 aromatic rings. The van der Waals surface area contributed by atoms with Crippen molar-refractivity contribution in [3.63, 3.8) is 0 Å². The lowest BCUT2D eigenvalue weighted by Gasteiger charge is -2.42. The van der Waals surface area contributed by atoms with Gasteiger partial charge in [0.1, 0.15) is 23.6 Å². The van der Waals surface area contributed by atoms with Crippen LogP contribution in [-0.2, 0) is 11.3 Å². The molecule has 0 unspecified atom stereocenters. The number of piperidine rings is 1. The van der Waals surface area contributed by atoms with Crippen molar-refractivity contribution >= 4 is 28.5 Å². The van der Waals surface area contributed by atoms with E-state index in [1.165, 1.54) is 39.5 Å². The van der Waals surface area contributed by atoms with Gasteiger partial charge in [-0.1, -0.05) is 18.8 Å². The first kappa shape index (κ1) is 35.4. The molecule has 1 saturated heterocycles. The number of imidazole rings is 1. The summed E-state index contributed by atoms with van der Waals surface area (Å²) in [4.78, 5) is 31.1. The van der Waals surface area contributed by atoms with E-state index in [9.17, 15) is 27.2 Å². The van der Waals surface area contributed by atoms with Crippen molar-refractivity contribution in [2.24, 2.45) is 5.92 Å². The highest BCUT2D eigenvalue weighted by Gasteiger charge is 2.49. The summed E-state index contributed by atoms with van der Waals surface area (Å²) in [7, 11) is 4.11. The number of halogens is 6. The number of hydrogen-bond donors (Lipinski definition) is 3. The largest absolute Gasteiger partial charge is 0.494 e. The highest BCUT2D eigenvalue weighted by Crippen LogP contribution is 2.32. The number of hydrogen-bond acceptors (Lipinski definition) is 7. The number of rotatable bonds is 10. The molecule has 2 aromatic carbocycles. The SMILES string of the molecule is CNC(=O)c1cc(NCC#Cc2cc(C(=O)N[C@@H]3[C@@H](C)CN(CCOC)CC3(F)F)c3ncn(CC(F)(F)F)c3c2)c(OC)cc1F. The van der Waals surface area contributed by atoms with Gasteiger partial charge in [-0.3, -0.25) is 14.5 Å². The van der Waals surface area contributed by atoms with Crippen molar-refractivity contribution in [3.8, 4) is 17.6 Å². The third kappa shape index (κ3) is 8.46. The Kier molecular flexibility index (Phi) is 10.9. The Labute approximate surface area is 266 Å². The van der Waals surface area contributed by atoms with Gasteiger partial charge in [-0.2, -0.15) is 13.2 Å². The monoisotopic (exact) mass is 668 g/mol. The molecule has 0 radical (unpaired) electrons. The van der Waals surface area contributed by atoms with E-state index in [1.807, 2.05) is 0 Å². The van der Waals surface area contributed by atoms with Gasteiger partial charge in [-0.25, -0.2) is 18.2 Å². The number of benzene rings is 2. The van der Waals surface area contributed by atoms with Crippen LogP contribution in [0.3, 0.4) is 0 Å². The molecule has 0 saturated carbocycles. The van der Waals surface area contributed by atoms with Gasteiger partial charge in [0, 0.05) is 38.9 Å². The zero-order chi connectivity index (χ0) is 34.5. The first-order chi connectivity index (χ1) is 22.2. The first-order valence-corrected chi connectivity index (χ1v) is 14.4. The fraction of sp³-hybridized carbons (Fsp3) is 0.452. The first-order valence-electron chi connectivity index (χ1n) is 14.4. The Bertz CT molecular complexity index is 1680. The lowest BCUT2D eigenvalue weighted by molar-refractivity contribution is -0.140. The van der Waals surface area contributed by atoms with Gasteiger partial charge in [0.2, 0.25) is 0 Å². The maximum Gasteiger partial charge on any atom is 0.406 e. The molecule has 3 N–H and O–H groups in total. The molecule has 2 heterocycles. The van der Waals surface area contributed by atoms with Gasteiger partial charge in [-0.15, -0.1) is 0 Å². The van der Waals surface area contributed by atoms with Gasteiger partial charge < -0.3 is 30.0 Å². The smallest absolute Gasteiger partial charge is 0.406 e. The minimum atomic E-state index is -4.61. The van der Waals surface area contributed by atoms with E-state index < -0.39 is 54.8 Å². The topological polar surface area (TPSA) is 110 Å². The molecule has 4 rings (SSSR count). The fourth-order valence-electron chi connectivity index (χ4n) is 5.43. The third-order valence-electron chi connectivity index (χ3n) is 7.58. The summed E-state index contributed by atoms with van der Waals surface area (Å²) in [6.07, 6.45) is -3.69. The summed E-state index contributed by atoms with van der Waals surface area (Å²) in [5, 5.41) is 7.62. The molecule has 0 aliphatic carbocycles. The van der Waals surface area contributed by atoms with Crippen LogP contribution in [0.25, 0.3) is 11.0 Å². The van der Waals surface area contributed by atoms with Crippen molar-refractivity contribution in [3.05, 3.63) is 53.1 Å². The van der Waals surface area contributed by atoms with Crippen molar-refractivity contribution in [2.45, 2.75) is 31.6 Å². The van der Waals surface area contributed by atoms with Crippen molar-refractivity contribution in [2.75, 3.05) is 59.4 Å². The quantitative estimate of drug-likeness (QED) is 0.222. The number of anilines is 1. The van der Waals surface area contributed by atoms with Crippen LogP contribution in [0.1, 0.15) is 33.2 Å². The number of carbonyl (C=O) groups is 2. The van der Waals surface area contributed by atoms with Crippen LogP contribution in [0.2, 0.25) is 0 Å². The van der Waals surface area contributed by atoms with Gasteiger partial charge in [0.15, 0.2) is 0 Å². The lowest BCUT2D eigenvalue weighted by Crippen LogP contribution is -2.62. The standard InChI is InChI=1S/C31H34F6N6O4/c1-18-14-42(8-9-46-3)15-30(33,34)27(18)41-29(45)21-10-19(11-24-26(21)40-17-43(24)16-31(35,36)37)6-5-7-39-23-12-20(28(44)38-2)22(32)13-25(23)47-4/h10-13,17-18,27,39H,7-9,14-16H2,1-4H3,(H,38,44)(H,41,45)/t18-,27+/m0/s1. The van der Waals surface area contributed by atoms with E-state index in [0.717, 1.165) is 17.0 Å². The number of aromatic nitrogens is 2. The minimum absolute atomic E-state index is 0.0724. The number of methoxy groups -OCH3 is 2. The lowest BCUT2D eigenvalue weighted by atomic mass is 9.90. The second-order valence-electron chi connectivity index (χ2n) is 11.1. The number of nitrogens with zero attached hydrogens (tertiary/aromatic N) is 3. The van der Waals surface area contributed by atoms with E-state index in [2.05, 4.69) is 32.8 Å². The number of amides is 2. The Morgan fingerprint density at radius 3 is 2.51 bits per heavy atom. The van der Waals surface area contributed by atoms with E-state index >= 15 is 8.78 Å². The number of ether oxygens (including phenoxy) is 2. The molecule has 16 heteroatoms. The van der Waals surface area contributed by atoms with Gasteiger partial charge in [0.25, 0.3) is 17.7 Å². The van der Waals surface area contributed by atoms with Crippen LogP contribution in [0, 0.1) is 23.6 Å². The molecule has 47 heavy (non-hydrogen) atoms. The van der Waals surface area contributed by atoms with E-state index in [4.69, 9.17) is 9.47 Å². The molecule has 1 aliphatic rings. The number of likely N-dealkylation sites (tertiary alicyclic amines) is 1. The molecule has 2 atom stereocenters. The van der Waals surface area contributed by atoms with Crippen molar-refractivity contribution < 1.29 is 45.4 Å². The van der Waals surface area contributed by atoms with Crippen LogP contribution in [0.5, 0.6) is 5.75 Å². The second kappa shape index (κ2) is 14.5.